The smallest absolute Gasteiger partial charge is 0.332 e. The van der Waals surface area contributed by atoms with Gasteiger partial charge in [0.2, 0.25) is 5.91 Å². The van der Waals surface area contributed by atoms with Gasteiger partial charge in [0.05, 0.1) is 12.7 Å². The molecule has 35 heavy (non-hydrogen) atoms. The molecule has 3 aliphatic carbocycles. The fourth-order valence-electron chi connectivity index (χ4n) is 7.88. The van der Waals surface area contributed by atoms with Gasteiger partial charge >= 0.3 is 5.97 Å². The molecular formula is C29H37NO5. The highest BCUT2D eigenvalue weighted by Crippen LogP contribution is 2.65. The maximum atomic E-state index is 13.4. The molecule has 0 radical (unpaired) electrons. The fourth-order valence-corrected chi connectivity index (χ4v) is 7.88. The lowest BCUT2D eigenvalue weighted by atomic mass is 9.49. The second-order valence-electron chi connectivity index (χ2n) is 11.2. The van der Waals surface area contributed by atoms with E-state index in [0.717, 1.165) is 44.2 Å². The molecule has 1 aromatic rings. The summed E-state index contributed by atoms with van der Waals surface area (Å²) in [5.41, 5.74) is 1.33. The van der Waals surface area contributed by atoms with Crippen molar-refractivity contribution in [1.29, 1.82) is 0 Å². The van der Waals surface area contributed by atoms with Crippen LogP contribution in [0.4, 0.5) is 0 Å². The number of piperidine rings is 1. The van der Waals surface area contributed by atoms with Crippen molar-refractivity contribution in [3.8, 4) is 0 Å². The molecular weight excluding hydrogens is 442 g/mol. The Labute approximate surface area is 208 Å². The molecule has 6 nitrogen and oxygen atoms in total. The minimum absolute atomic E-state index is 0.0232. The van der Waals surface area contributed by atoms with E-state index in [1.165, 1.54) is 4.90 Å². The molecule has 6 heteroatoms. The minimum atomic E-state index is -0.291. The Hall–Kier alpha value is -2.47. The van der Waals surface area contributed by atoms with Crippen LogP contribution in [0.1, 0.15) is 76.1 Å². The quantitative estimate of drug-likeness (QED) is 0.432. The highest BCUT2D eigenvalue weighted by atomic mass is 16.6. The number of nitrogens with zero attached hydrogens (tertiary/aromatic N) is 1. The summed E-state index contributed by atoms with van der Waals surface area (Å²) in [7, 11) is 0. The number of allylic oxidation sites excluding steroid dienone is 2. The topological polar surface area (TPSA) is 72.9 Å². The summed E-state index contributed by atoms with van der Waals surface area (Å²) < 4.78 is 11.2. The lowest BCUT2D eigenvalue weighted by Gasteiger charge is -2.58. The van der Waals surface area contributed by atoms with Crippen LogP contribution >= 0.6 is 0 Å². The fraction of sp³-hybridized carbons (Fsp3) is 0.621. The van der Waals surface area contributed by atoms with Crippen molar-refractivity contribution in [1.82, 2.24) is 4.90 Å². The Bertz CT molecular complexity index is 1030. The normalized spacial score (nSPS) is 36.0. The molecule has 0 aromatic heterocycles. The van der Waals surface area contributed by atoms with Gasteiger partial charge in [0.25, 0.3) is 5.91 Å². The van der Waals surface area contributed by atoms with Gasteiger partial charge in [0.1, 0.15) is 6.61 Å². The lowest BCUT2D eigenvalue weighted by molar-refractivity contribution is -0.156. The first-order valence-corrected chi connectivity index (χ1v) is 13.2. The first-order valence-electron chi connectivity index (χ1n) is 13.2. The van der Waals surface area contributed by atoms with Crippen LogP contribution in [0.15, 0.2) is 42.1 Å². The van der Waals surface area contributed by atoms with Crippen molar-refractivity contribution in [3.05, 3.63) is 47.7 Å². The highest BCUT2D eigenvalue weighted by molar-refractivity contribution is 6.07. The van der Waals surface area contributed by atoms with Crippen LogP contribution in [-0.4, -0.2) is 42.0 Å². The summed E-state index contributed by atoms with van der Waals surface area (Å²) in [5, 5.41) is 0. The van der Waals surface area contributed by atoms with Gasteiger partial charge in [-0.1, -0.05) is 38.1 Å². The maximum absolute atomic E-state index is 13.4. The molecule has 1 saturated heterocycles. The number of amides is 2. The first-order chi connectivity index (χ1) is 16.8. The second-order valence-corrected chi connectivity index (χ2v) is 11.2. The number of rotatable bonds is 5. The Morgan fingerprint density at radius 3 is 2.57 bits per heavy atom. The van der Waals surface area contributed by atoms with Gasteiger partial charge in [-0.3, -0.25) is 14.5 Å². The van der Waals surface area contributed by atoms with Gasteiger partial charge in [-0.2, -0.15) is 0 Å². The molecule has 1 aromatic carbocycles. The molecule has 2 saturated carbocycles. The van der Waals surface area contributed by atoms with Gasteiger partial charge in [-0.05, 0) is 80.8 Å². The molecule has 1 heterocycles. The first kappa shape index (κ1) is 24.2. The predicted octanol–water partition coefficient (Wildman–Crippen LogP) is 5.13. The Morgan fingerprint density at radius 2 is 1.83 bits per heavy atom. The Balaban J connectivity index is 1.39. The lowest BCUT2D eigenvalue weighted by Crippen LogP contribution is -2.55. The van der Waals surface area contributed by atoms with Crippen LogP contribution in [0.5, 0.6) is 0 Å². The molecule has 5 rings (SSSR count). The average molecular weight is 480 g/mol. The molecule has 188 valence electrons. The molecule has 0 unspecified atom stereocenters. The van der Waals surface area contributed by atoms with Crippen molar-refractivity contribution in [2.24, 2.45) is 28.6 Å². The van der Waals surface area contributed by atoms with E-state index in [-0.39, 0.29) is 41.3 Å². The largest absolute Gasteiger partial charge is 0.464 e. The molecule has 6 atom stereocenters. The summed E-state index contributed by atoms with van der Waals surface area (Å²) in [6.07, 6.45) is 8.49. The van der Waals surface area contributed by atoms with Crippen molar-refractivity contribution in [2.45, 2.75) is 71.8 Å². The summed E-state index contributed by atoms with van der Waals surface area (Å²) in [4.78, 5) is 39.8. The number of imide groups is 1. The molecule has 4 aliphatic rings. The van der Waals surface area contributed by atoms with Gasteiger partial charge in [0.15, 0.2) is 0 Å². The number of hydrogen-bond donors (Lipinski definition) is 0. The number of hydrogen-bond acceptors (Lipinski definition) is 5. The van der Waals surface area contributed by atoms with Crippen LogP contribution in [0.2, 0.25) is 0 Å². The summed E-state index contributed by atoms with van der Waals surface area (Å²) in [6.45, 7) is 6.82. The van der Waals surface area contributed by atoms with E-state index < -0.39 is 0 Å². The number of ether oxygens (including phenoxy) is 2. The zero-order valence-corrected chi connectivity index (χ0v) is 21.1. The molecule has 1 aliphatic heterocycles. The standard InChI is InChI=1S/C29H37NO5/c1-4-34-26(32)18-35-24-13-11-21-20-10-12-23-28(2,22(20)14-16-29(21,24)3)17-15-25(31)30(23)27(33)19-8-6-5-7-9-19/h5-9,12,20-22,24H,4,10-11,13-18H2,1-3H3/t20-,21-,22-,24-,28+,29-/m0/s1. The van der Waals surface area contributed by atoms with Crippen LogP contribution in [-0.2, 0) is 19.1 Å². The molecule has 3 fully saturated rings. The van der Waals surface area contributed by atoms with E-state index in [9.17, 15) is 14.4 Å². The van der Waals surface area contributed by atoms with E-state index in [2.05, 4.69) is 19.9 Å². The molecule has 0 bridgehead atoms. The zero-order valence-electron chi connectivity index (χ0n) is 21.1. The maximum Gasteiger partial charge on any atom is 0.332 e. The third-order valence-electron chi connectivity index (χ3n) is 9.62. The predicted molar refractivity (Wildman–Crippen MR) is 131 cm³/mol. The number of fused-ring (bicyclic) bond motifs is 5. The molecule has 0 N–H and O–H groups in total. The molecule has 0 spiro atoms. The summed E-state index contributed by atoms with van der Waals surface area (Å²) in [5.74, 6) is 0.860. The highest BCUT2D eigenvalue weighted by Gasteiger charge is 2.60. The van der Waals surface area contributed by atoms with E-state index in [4.69, 9.17) is 9.47 Å². The summed E-state index contributed by atoms with van der Waals surface area (Å²) in [6, 6.07) is 9.14. The van der Waals surface area contributed by atoms with Crippen LogP contribution in [0.25, 0.3) is 0 Å². The van der Waals surface area contributed by atoms with Gasteiger partial charge in [-0.25, -0.2) is 4.79 Å². The van der Waals surface area contributed by atoms with Crippen LogP contribution in [0, 0.1) is 28.6 Å². The SMILES string of the molecule is CCOC(=O)CO[C@H]1CC[C@H]2[C@@H]3CC=C4N(C(=O)c5ccccc5)C(=O)CC[C@]4(C)[C@H]3CC[C@]12C. The van der Waals surface area contributed by atoms with Crippen molar-refractivity contribution < 1.29 is 23.9 Å². The van der Waals surface area contributed by atoms with E-state index in [0.29, 0.717) is 36.3 Å². The van der Waals surface area contributed by atoms with E-state index in [1.54, 1.807) is 12.1 Å². The zero-order chi connectivity index (χ0) is 24.8. The number of carbonyl (C=O) groups is 3. The third-order valence-corrected chi connectivity index (χ3v) is 9.62. The third kappa shape index (κ3) is 3.94. The number of esters is 1. The summed E-state index contributed by atoms with van der Waals surface area (Å²) >= 11 is 0. The van der Waals surface area contributed by atoms with Crippen LogP contribution < -0.4 is 0 Å². The monoisotopic (exact) mass is 479 g/mol. The molecule has 2 amide bonds. The van der Waals surface area contributed by atoms with Crippen molar-refractivity contribution in [3.63, 3.8) is 0 Å². The Kier molecular flexibility index (Phi) is 6.37. The van der Waals surface area contributed by atoms with Crippen LogP contribution in [0.3, 0.4) is 0 Å². The van der Waals surface area contributed by atoms with Gasteiger partial charge in [-0.15, -0.1) is 0 Å². The van der Waals surface area contributed by atoms with Gasteiger partial charge in [0, 0.05) is 23.1 Å². The van der Waals surface area contributed by atoms with E-state index in [1.807, 2.05) is 25.1 Å². The van der Waals surface area contributed by atoms with Crippen molar-refractivity contribution >= 4 is 17.8 Å². The minimum Gasteiger partial charge on any atom is -0.464 e. The number of likely N-dealkylation sites (tertiary alicyclic amines) is 1. The number of carbonyl (C=O) groups excluding carboxylic acids is 3. The van der Waals surface area contributed by atoms with E-state index >= 15 is 0 Å². The second kappa shape index (κ2) is 9.20. The van der Waals surface area contributed by atoms with Crippen molar-refractivity contribution in [2.75, 3.05) is 13.2 Å². The van der Waals surface area contributed by atoms with Gasteiger partial charge < -0.3 is 9.47 Å². The number of benzene rings is 1. The average Bonchev–Trinajstić information content (AvgIpc) is 3.19. The Morgan fingerprint density at radius 1 is 1.06 bits per heavy atom.